The fraction of sp³-hybridized carbons (Fsp3) is 0.400. The zero-order valence-corrected chi connectivity index (χ0v) is 14.1. The summed E-state index contributed by atoms with van der Waals surface area (Å²) in [6.45, 7) is 0.282. The van der Waals surface area contributed by atoms with E-state index in [9.17, 15) is 18.3 Å². The molecule has 138 valence electrons. The minimum Gasteiger partial charge on any atom is -0.406 e. The number of alkyl halides is 3. The van der Waals surface area contributed by atoms with Gasteiger partial charge >= 0.3 is 6.36 Å². The van der Waals surface area contributed by atoms with Gasteiger partial charge in [-0.1, -0.05) is 12.1 Å². The first-order chi connectivity index (χ1) is 12.4. The van der Waals surface area contributed by atoms with Crippen LogP contribution in [0.5, 0.6) is 5.75 Å². The number of hydrogen-bond donors (Lipinski definition) is 2. The van der Waals surface area contributed by atoms with Gasteiger partial charge in [-0.05, 0) is 82.7 Å². The van der Waals surface area contributed by atoms with Crippen molar-refractivity contribution in [1.82, 2.24) is 0 Å². The highest BCUT2D eigenvalue weighted by molar-refractivity contribution is 5.74. The van der Waals surface area contributed by atoms with Gasteiger partial charge in [0, 0.05) is 6.54 Å². The molecule has 3 nitrogen and oxygen atoms in total. The Bertz CT molecular complexity index is 830. The number of aliphatic hydroxyl groups is 1. The molecule has 0 bridgehead atoms. The number of ether oxygens (including phenoxy) is 1. The van der Waals surface area contributed by atoms with Crippen LogP contribution in [-0.2, 0) is 19.6 Å². The Morgan fingerprint density at radius 1 is 1.19 bits per heavy atom. The van der Waals surface area contributed by atoms with E-state index in [0.29, 0.717) is 18.4 Å². The van der Waals surface area contributed by atoms with Crippen LogP contribution in [0.1, 0.15) is 41.0 Å². The first-order valence-corrected chi connectivity index (χ1v) is 8.76. The van der Waals surface area contributed by atoms with Crippen LogP contribution in [0.4, 0.5) is 13.2 Å². The summed E-state index contributed by atoms with van der Waals surface area (Å²) in [5.74, 6) is 0.937. The molecule has 1 saturated carbocycles. The maximum Gasteiger partial charge on any atom is 0.573 e. The molecule has 0 heterocycles. The van der Waals surface area contributed by atoms with Crippen LogP contribution in [0.2, 0.25) is 0 Å². The lowest BCUT2D eigenvalue weighted by Crippen LogP contribution is -2.17. The predicted molar refractivity (Wildman–Crippen MR) is 91.5 cm³/mol. The molecular weight excluding hydrogens is 343 g/mol. The van der Waals surface area contributed by atoms with Gasteiger partial charge in [0.15, 0.2) is 0 Å². The molecule has 2 unspecified atom stereocenters. The molecule has 2 aromatic carbocycles. The van der Waals surface area contributed by atoms with Gasteiger partial charge in [-0.3, -0.25) is 0 Å². The lowest BCUT2D eigenvalue weighted by molar-refractivity contribution is -0.274. The highest BCUT2D eigenvalue weighted by Crippen LogP contribution is 2.57. The number of rotatable bonds is 4. The predicted octanol–water partition coefficient (Wildman–Crippen LogP) is 4.25. The average Bonchev–Trinajstić information content (AvgIpc) is 3.39. The minimum atomic E-state index is -4.70. The second-order valence-corrected chi connectivity index (χ2v) is 7.03. The van der Waals surface area contributed by atoms with Crippen LogP contribution >= 0.6 is 0 Å². The van der Waals surface area contributed by atoms with Crippen molar-refractivity contribution in [3.8, 4) is 16.9 Å². The van der Waals surface area contributed by atoms with Crippen LogP contribution in [-0.4, -0.2) is 11.5 Å². The average molecular weight is 363 g/mol. The molecule has 0 radical (unpaired) electrons. The molecule has 2 aliphatic carbocycles. The van der Waals surface area contributed by atoms with Gasteiger partial charge in [-0.15, -0.1) is 13.2 Å². The first-order valence-electron chi connectivity index (χ1n) is 8.76. The molecule has 0 saturated heterocycles. The zero-order valence-electron chi connectivity index (χ0n) is 14.1. The number of aliphatic hydroxyl groups excluding tert-OH is 1. The number of benzene rings is 2. The van der Waals surface area contributed by atoms with E-state index in [1.54, 1.807) is 12.1 Å². The van der Waals surface area contributed by atoms with Crippen LogP contribution in [0.15, 0.2) is 30.3 Å². The monoisotopic (exact) mass is 363 g/mol. The zero-order chi connectivity index (χ0) is 18.5. The Kier molecular flexibility index (Phi) is 4.20. The van der Waals surface area contributed by atoms with Crippen LogP contribution in [0.3, 0.4) is 0 Å². The van der Waals surface area contributed by atoms with Crippen molar-refractivity contribution >= 4 is 0 Å². The molecular formula is C20H20F3NO2. The fourth-order valence-corrected chi connectivity index (χ4v) is 4.27. The number of nitrogens with two attached hydrogens (primary N) is 1. The van der Waals surface area contributed by atoms with Crippen LogP contribution < -0.4 is 10.5 Å². The van der Waals surface area contributed by atoms with E-state index in [0.717, 1.165) is 41.5 Å². The van der Waals surface area contributed by atoms with Crippen molar-refractivity contribution in [2.75, 3.05) is 0 Å². The summed E-state index contributed by atoms with van der Waals surface area (Å²) in [5, 5.41) is 9.83. The van der Waals surface area contributed by atoms with E-state index < -0.39 is 6.36 Å². The van der Waals surface area contributed by atoms with E-state index in [4.69, 9.17) is 5.73 Å². The van der Waals surface area contributed by atoms with E-state index in [1.165, 1.54) is 23.3 Å². The minimum absolute atomic E-state index is 0.0368. The Hall–Kier alpha value is -2.05. The SMILES string of the molecule is NCc1cc(-c2ccc(OC(F)(F)F)cc2)c2c(c1CO)CCC1CC21. The summed E-state index contributed by atoms with van der Waals surface area (Å²) in [6.07, 6.45) is -1.52. The maximum absolute atomic E-state index is 12.4. The van der Waals surface area contributed by atoms with Crippen molar-refractivity contribution in [3.63, 3.8) is 0 Å². The van der Waals surface area contributed by atoms with Crippen molar-refractivity contribution < 1.29 is 23.0 Å². The van der Waals surface area contributed by atoms with Crippen molar-refractivity contribution in [2.24, 2.45) is 11.7 Å². The molecule has 6 heteroatoms. The normalized spacial score (nSPS) is 21.1. The van der Waals surface area contributed by atoms with Crippen molar-refractivity contribution in [2.45, 2.75) is 44.7 Å². The lowest BCUT2D eigenvalue weighted by Gasteiger charge is -2.25. The van der Waals surface area contributed by atoms with E-state index >= 15 is 0 Å². The highest BCUT2D eigenvalue weighted by Gasteiger charge is 2.44. The molecule has 0 spiro atoms. The third kappa shape index (κ3) is 3.08. The number of fused-ring (bicyclic) bond motifs is 3. The van der Waals surface area contributed by atoms with Gasteiger partial charge in [0.2, 0.25) is 0 Å². The van der Waals surface area contributed by atoms with Crippen molar-refractivity contribution in [1.29, 1.82) is 0 Å². The molecule has 0 amide bonds. The second-order valence-electron chi connectivity index (χ2n) is 7.03. The lowest BCUT2D eigenvalue weighted by atomic mass is 9.81. The largest absolute Gasteiger partial charge is 0.573 e. The molecule has 4 rings (SSSR count). The van der Waals surface area contributed by atoms with Gasteiger partial charge in [0.1, 0.15) is 5.75 Å². The summed E-state index contributed by atoms with van der Waals surface area (Å²) < 4.78 is 41.1. The standard InChI is InChI=1S/C20H20F3NO2/c21-20(22,23)26-14-4-1-11(2-5-14)16-8-13(9-24)18(10-25)15-6-3-12-7-17(12)19(15)16/h1-2,4-5,8,12,17,25H,3,6-7,9-10,24H2. The number of halogens is 3. The molecule has 2 atom stereocenters. The summed E-state index contributed by atoms with van der Waals surface area (Å²) >= 11 is 0. The van der Waals surface area contributed by atoms with Gasteiger partial charge in [0.05, 0.1) is 6.61 Å². The third-order valence-electron chi connectivity index (χ3n) is 5.52. The topological polar surface area (TPSA) is 55.5 Å². The smallest absolute Gasteiger partial charge is 0.406 e. The Labute approximate surface area is 149 Å². The Balaban J connectivity index is 1.79. The third-order valence-corrected chi connectivity index (χ3v) is 5.52. The van der Waals surface area contributed by atoms with Crippen LogP contribution in [0, 0.1) is 5.92 Å². The van der Waals surface area contributed by atoms with E-state index in [-0.39, 0.29) is 12.4 Å². The van der Waals surface area contributed by atoms with E-state index in [2.05, 4.69) is 4.74 Å². The molecule has 2 aliphatic rings. The Morgan fingerprint density at radius 3 is 2.54 bits per heavy atom. The maximum atomic E-state index is 12.4. The summed E-state index contributed by atoms with van der Waals surface area (Å²) in [5.41, 5.74) is 12.0. The Morgan fingerprint density at radius 2 is 1.92 bits per heavy atom. The van der Waals surface area contributed by atoms with Gasteiger partial charge < -0.3 is 15.6 Å². The molecule has 26 heavy (non-hydrogen) atoms. The van der Waals surface area contributed by atoms with E-state index in [1.807, 2.05) is 6.07 Å². The summed E-state index contributed by atoms with van der Waals surface area (Å²) in [4.78, 5) is 0. The molecule has 3 N–H and O–H groups in total. The quantitative estimate of drug-likeness (QED) is 0.854. The highest BCUT2D eigenvalue weighted by atomic mass is 19.4. The molecule has 2 aromatic rings. The summed E-state index contributed by atoms with van der Waals surface area (Å²) in [7, 11) is 0. The van der Waals surface area contributed by atoms with Gasteiger partial charge in [0.25, 0.3) is 0 Å². The molecule has 1 fully saturated rings. The van der Waals surface area contributed by atoms with Crippen molar-refractivity contribution in [3.05, 3.63) is 52.6 Å². The molecule has 0 aliphatic heterocycles. The first kappa shape index (κ1) is 17.4. The summed E-state index contributed by atoms with van der Waals surface area (Å²) in [6, 6.07) is 7.98. The van der Waals surface area contributed by atoms with Gasteiger partial charge in [-0.25, -0.2) is 0 Å². The van der Waals surface area contributed by atoms with Gasteiger partial charge in [-0.2, -0.15) is 0 Å². The van der Waals surface area contributed by atoms with Crippen LogP contribution in [0.25, 0.3) is 11.1 Å². The number of hydrogen-bond acceptors (Lipinski definition) is 3. The molecule has 0 aromatic heterocycles. The second kappa shape index (κ2) is 6.28. The fourth-order valence-electron chi connectivity index (χ4n) is 4.27.